The highest BCUT2D eigenvalue weighted by molar-refractivity contribution is 6.31. The van der Waals surface area contributed by atoms with Crippen molar-refractivity contribution < 1.29 is 8.81 Å². The van der Waals surface area contributed by atoms with E-state index in [4.69, 9.17) is 21.8 Å². The molecule has 2 nitrogen and oxygen atoms in total. The highest BCUT2D eigenvalue weighted by atomic mass is 35.5. The van der Waals surface area contributed by atoms with Gasteiger partial charge in [0.2, 0.25) is 0 Å². The summed E-state index contributed by atoms with van der Waals surface area (Å²) in [6, 6.07) is 11.4. The molecule has 1 heterocycles. The van der Waals surface area contributed by atoms with E-state index in [0.717, 1.165) is 11.1 Å². The van der Waals surface area contributed by atoms with Crippen molar-refractivity contribution in [3.63, 3.8) is 0 Å². The topological polar surface area (TPSA) is 39.2 Å². The molecule has 0 saturated heterocycles. The van der Waals surface area contributed by atoms with Gasteiger partial charge in [-0.15, -0.1) is 0 Å². The minimum absolute atomic E-state index is 0.295. The molecule has 3 aromatic rings. The lowest BCUT2D eigenvalue weighted by atomic mass is 10.0. The highest BCUT2D eigenvalue weighted by Crippen LogP contribution is 2.29. The predicted octanol–water partition coefficient (Wildman–Crippen LogP) is 4.58. The van der Waals surface area contributed by atoms with Crippen LogP contribution in [0.3, 0.4) is 0 Å². The van der Waals surface area contributed by atoms with Gasteiger partial charge in [0.25, 0.3) is 0 Å². The molecule has 20 heavy (non-hydrogen) atoms. The molecule has 0 fully saturated rings. The molecule has 0 radical (unpaired) electrons. The Bertz CT molecular complexity index is 781. The first-order valence-electron chi connectivity index (χ1n) is 6.25. The Morgan fingerprint density at radius 1 is 1.15 bits per heavy atom. The number of aryl methyl sites for hydroxylation is 1. The average Bonchev–Trinajstić information content (AvgIpc) is 2.84. The van der Waals surface area contributed by atoms with Crippen molar-refractivity contribution in [1.82, 2.24) is 0 Å². The fourth-order valence-corrected chi connectivity index (χ4v) is 2.34. The Labute approximate surface area is 121 Å². The van der Waals surface area contributed by atoms with E-state index in [-0.39, 0.29) is 5.82 Å². The number of hydrogen-bond acceptors (Lipinski definition) is 2. The van der Waals surface area contributed by atoms with Crippen LogP contribution >= 0.6 is 11.6 Å². The summed E-state index contributed by atoms with van der Waals surface area (Å²) in [4.78, 5) is 0. The monoisotopic (exact) mass is 289 g/mol. The molecule has 0 amide bonds. The van der Waals surface area contributed by atoms with Gasteiger partial charge in [0.1, 0.15) is 17.2 Å². The first kappa shape index (κ1) is 13.2. The van der Waals surface area contributed by atoms with Crippen LogP contribution in [0.25, 0.3) is 11.0 Å². The van der Waals surface area contributed by atoms with Crippen LogP contribution in [0.4, 0.5) is 4.39 Å². The van der Waals surface area contributed by atoms with Crippen LogP contribution in [0.1, 0.15) is 22.9 Å². The molecule has 3 rings (SSSR count). The first-order valence-corrected chi connectivity index (χ1v) is 6.63. The summed E-state index contributed by atoms with van der Waals surface area (Å²) in [5.41, 5.74) is 8.67. The minimum Gasteiger partial charge on any atom is -0.459 e. The van der Waals surface area contributed by atoms with Crippen molar-refractivity contribution in [1.29, 1.82) is 0 Å². The van der Waals surface area contributed by atoms with Gasteiger partial charge in [0.05, 0.1) is 6.04 Å². The van der Waals surface area contributed by atoms with Gasteiger partial charge in [-0.05, 0) is 48.4 Å². The maximum atomic E-state index is 13.2. The second-order valence-corrected chi connectivity index (χ2v) is 5.22. The van der Waals surface area contributed by atoms with Crippen molar-refractivity contribution in [2.45, 2.75) is 13.0 Å². The van der Waals surface area contributed by atoms with Crippen LogP contribution in [-0.2, 0) is 0 Å². The first-order chi connectivity index (χ1) is 9.54. The van der Waals surface area contributed by atoms with E-state index in [2.05, 4.69) is 0 Å². The van der Waals surface area contributed by atoms with E-state index in [1.54, 1.807) is 12.1 Å². The zero-order chi connectivity index (χ0) is 14.3. The van der Waals surface area contributed by atoms with Gasteiger partial charge in [0, 0.05) is 10.4 Å². The van der Waals surface area contributed by atoms with Crippen molar-refractivity contribution in [2.24, 2.45) is 5.73 Å². The number of halogens is 2. The number of furan rings is 1. The lowest BCUT2D eigenvalue weighted by Gasteiger charge is -2.10. The molecule has 2 N–H and O–H groups in total. The summed E-state index contributed by atoms with van der Waals surface area (Å²) in [5.74, 6) is 0.294. The highest BCUT2D eigenvalue weighted by Gasteiger charge is 2.15. The van der Waals surface area contributed by atoms with Crippen molar-refractivity contribution >= 4 is 22.6 Å². The lowest BCUT2D eigenvalue weighted by molar-refractivity contribution is 0.524. The van der Waals surface area contributed by atoms with E-state index in [0.29, 0.717) is 21.8 Å². The van der Waals surface area contributed by atoms with Gasteiger partial charge in [-0.2, -0.15) is 0 Å². The Hall–Kier alpha value is -1.84. The van der Waals surface area contributed by atoms with Crippen LogP contribution in [0.2, 0.25) is 5.02 Å². The third kappa shape index (κ3) is 2.30. The number of fused-ring (bicyclic) bond motifs is 1. The lowest BCUT2D eigenvalue weighted by Crippen LogP contribution is -2.10. The SMILES string of the molecule is Cc1ccc(C(N)c2cc3cc(F)ccc3o2)cc1Cl. The summed E-state index contributed by atoms with van der Waals surface area (Å²) < 4.78 is 18.9. The van der Waals surface area contributed by atoms with E-state index >= 15 is 0 Å². The maximum absolute atomic E-state index is 13.2. The van der Waals surface area contributed by atoms with E-state index < -0.39 is 6.04 Å². The van der Waals surface area contributed by atoms with Gasteiger partial charge < -0.3 is 10.2 Å². The quantitative estimate of drug-likeness (QED) is 0.750. The number of nitrogens with two attached hydrogens (primary N) is 1. The molecule has 1 unspecified atom stereocenters. The van der Waals surface area contributed by atoms with Crippen LogP contribution in [0, 0.1) is 12.7 Å². The fourth-order valence-electron chi connectivity index (χ4n) is 2.15. The average molecular weight is 290 g/mol. The molecule has 1 atom stereocenters. The molecular weight excluding hydrogens is 277 g/mol. The minimum atomic E-state index is -0.427. The standard InChI is InChI=1S/C16H13ClFNO/c1-9-2-3-10(7-13(9)17)16(19)15-8-11-6-12(18)4-5-14(11)20-15/h2-8,16H,19H2,1H3. The molecular formula is C16H13ClFNO. The summed E-state index contributed by atoms with van der Waals surface area (Å²) in [6.07, 6.45) is 0. The largest absolute Gasteiger partial charge is 0.459 e. The maximum Gasteiger partial charge on any atom is 0.134 e. The third-order valence-corrected chi connectivity index (χ3v) is 3.77. The van der Waals surface area contributed by atoms with Crippen molar-refractivity contribution in [3.05, 3.63) is 70.2 Å². The molecule has 0 bridgehead atoms. The summed E-state index contributed by atoms with van der Waals surface area (Å²) >= 11 is 6.11. The normalized spacial score (nSPS) is 12.8. The van der Waals surface area contributed by atoms with Crippen LogP contribution in [-0.4, -0.2) is 0 Å². The zero-order valence-electron chi connectivity index (χ0n) is 10.9. The molecule has 102 valence electrons. The second-order valence-electron chi connectivity index (χ2n) is 4.82. The number of hydrogen-bond donors (Lipinski definition) is 1. The summed E-state index contributed by atoms with van der Waals surface area (Å²) in [7, 11) is 0. The molecule has 0 spiro atoms. The molecule has 4 heteroatoms. The molecule has 1 aromatic heterocycles. The smallest absolute Gasteiger partial charge is 0.134 e. The van der Waals surface area contributed by atoms with Gasteiger partial charge in [-0.25, -0.2) is 4.39 Å². The summed E-state index contributed by atoms with van der Waals surface area (Å²) in [5, 5.41) is 1.37. The predicted molar refractivity (Wildman–Crippen MR) is 78.4 cm³/mol. The second kappa shape index (κ2) is 4.93. The number of benzene rings is 2. The molecule has 0 aliphatic rings. The van der Waals surface area contributed by atoms with Gasteiger partial charge in [0.15, 0.2) is 0 Å². The third-order valence-electron chi connectivity index (χ3n) is 3.36. The molecule has 0 aliphatic carbocycles. The Balaban J connectivity index is 2.02. The molecule has 2 aromatic carbocycles. The van der Waals surface area contributed by atoms with E-state index in [1.807, 2.05) is 25.1 Å². The zero-order valence-corrected chi connectivity index (χ0v) is 11.6. The van der Waals surface area contributed by atoms with Crippen LogP contribution in [0.5, 0.6) is 0 Å². The van der Waals surface area contributed by atoms with Crippen molar-refractivity contribution in [2.75, 3.05) is 0 Å². The summed E-state index contributed by atoms with van der Waals surface area (Å²) in [6.45, 7) is 1.93. The Kier molecular flexibility index (Phi) is 3.24. The van der Waals surface area contributed by atoms with Gasteiger partial charge in [-0.1, -0.05) is 23.7 Å². The van der Waals surface area contributed by atoms with Crippen molar-refractivity contribution in [3.8, 4) is 0 Å². The fraction of sp³-hybridized carbons (Fsp3) is 0.125. The Morgan fingerprint density at radius 2 is 1.95 bits per heavy atom. The van der Waals surface area contributed by atoms with E-state index in [9.17, 15) is 4.39 Å². The number of rotatable bonds is 2. The Morgan fingerprint density at radius 3 is 2.70 bits per heavy atom. The van der Waals surface area contributed by atoms with Crippen LogP contribution in [0.15, 0.2) is 46.9 Å². The molecule has 0 aliphatic heterocycles. The van der Waals surface area contributed by atoms with E-state index in [1.165, 1.54) is 12.1 Å². The van der Waals surface area contributed by atoms with Gasteiger partial charge >= 0.3 is 0 Å². The van der Waals surface area contributed by atoms with Gasteiger partial charge in [-0.3, -0.25) is 0 Å². The van der Waals surface area contributed by atoms with Crippen LogP contribution < -0.4 is 5.73 Å². The molecule has 0 saturated carbocycles.